The molecule has 0 aliphatic carbocycles. The highest BCUT2D eigenvalue weighted by atomic mass is 16.2. The largest absolute Gasteiger partial charge is 0.350 e. The molecular formula is C18H35N3O2. The lowest BCUT2D eigenvalue weighted by molar-refractivity contribution is -0.139. The molecule has 5 heteroatoms. The van der Waals surface area contributed by atoms with Gasteiger partial charge in [0.25, 0.3) is 0 Å². The lowest BCUT2D eigenvalue weighted by Crippen LogP contribution is -2.51. The number of likely N-dealkylation sites (tertiary alicyclic amines) is 1. The van der Waals surface area contributed by atoms with E-state index in [4.69, 9.17) is 0 Å². The minimum Gasteiger partial charge on any atom is -0.350 e. The molecule has 1 N–H and O–H groups in total. The summed E-state index contributed by atoms with van der Waals surface area (Å²) in [7, 11) is 2.08. The minimum atomic E-state index is -0.290. The zero-order chi connectivity index (χ0) is 17.8. The fraction of sp³-hybridized carbons (Fsp3) is 0.889. The van der Waals surface area contributed by atoms with Crippen molar-refractivity contribution in [2.75, 3.05) is 20.1 Å². The zero-order valence-corrected chi connectivity index (χ0v) is 16.0. The Morgan fingerprint density at radius 3 is 2.30 bits per heavy atom. The average Bonchev–Trinajstić information content (AvgIpc) is 2.84. The molecule has 1 atom stereocenters. The highest BCUT2D eigenvalue weighted by Gasteiger charge is 2.35. The Morgan fingerprint density at radius 2 is 1.78 bits per heavy atom. The summed E-state index contributed by atoms with van der Waals surface area (Å²) >= 11 is 0. The molecule has 1 rings (SSSR count). The van der Waals surface area contributed by atoms with E-state index in [0.717, 1.165) is 25.8 Å². The summed E-state index contributed by atoms with van der Waals surface area (Å²) in [5, 5.41) is 3.00. The number of amides is 2. The molecule has 2 amide bonds. The lowest BCUT2D eigenvalue weighted by Gasteiger charge is -2.32. The van der Waals surface area contributed by atoms with Gasteiger partial charge in [0.1, 0.15) is 6.04 Å². The second kappa shape index (κ2) is 7.65. The lowest BCUT2D eigenvalue weighted by atomic mass is 10.1. The van der Waals surface area contributed by atoms with E-state index >= 15 is 0 Å². The van der Waals surface area contributed by atoms with Crippen molar-refractivity contribution in [2.24, 2.45) is 0 Å². The molecule has 23 heavy (non-hydrogen) atoms. The topological polar surface area (TPSA) is 52.7 Å². The predicted octanol–water partition coefficient (Wildman–Crippen LogP) is 2.40. The summed E-state index contributed by atoms with van der Waals surface area (Å²) in [4.78, 5) is 28.9. The molecule has 0 spiro atoms. The van der Waals surface area contributed by atoms with Gasteiger partial charge in [0.05, 0.1) is 0 Å². The Labute approximate surface area is 141 Å². The van der Waals surface area contributed by atoms with Crippen LogP contribution in [0.15, 0.2) is 0 Å². The van der Waals surface area contributed by atoms with Crippen LogP contribution in [-0.4, -0.2) is 58.9 Å². The van der Waals surface area contributed by atoms with Gasteiger partial charge in [-0.15, -0.1) is 0 Å². The van der Waals surface area contributed by atoms with E-state index in [1.54, 1.807) is 4.90 Å². The number of hydrogen-bond donors (Lipinski definition) is 1. The van der Waals surface area contributed by atoms with E-state index in [0.29, 0.717) is 13.0 Å². The van der Waals surface area contributed by atoms with Gasteiger partial charge in [-0.25, -0.2) is 0 Å². The molecule has 1 aliphatic heterocycles. The monoisotopic (exact) mass is 325 g/mol. The van der Waals surface area contributed by atoms with E-state index < -0.39 is 0 Å². The molecule has 0 saturated carbocycles. The van der Waals surface area contributed by atoms with E-state index in [-0.39, 0.29) is 28.9 Å². The molecule has 1 heterocycles. The van der Waals surface area contributed by atoms with Gasteiger partial charge in [-0.2, -0.15) is 0 Å². The minimum absolute atomic E-state index is 0.0184. The van der Waals surface area contributed by atoms with Crippen LogP contribution in [0.1, 0.15) is 67.2 Å². The third-order valence-electron chi connectivity index (χ3n) is 4.40. The van der Waals surface area contributed by atoms with Crippen molar-refractivity contribution in [3.63, 3.8) is 0 Å². The summed E-state index contributed by atoms with van der Waals surface area (Å²) in [6.45, 7) is 14.0. The van der Waals surface area contributed by atoms with Crippen molar-refractivity contribution in [2.45, 2.75) is 84.3 Å². The number of rotatable bonds is 5. The summed E-state index contributed by atoms with van der Waals surface area (Å²) in [6.07, 6.45) is 3.03. The van der Waals surface area contributed by atoms with E-state index in [2.05, 4.69) is 38.0 Å². The summed E-state index contributed by atoms with van der Waals surface area (Å²) in [5.41, 5.74) is -0.143. The molecule has 1 unspecified atom stereocenters. The van der Waals surface area contributed by atoms with Crippen LogP contribution in [-0.2, 0) is 9.59 Å². The zero-order valence-electron chi connectivity index (χ0n) is 16.0. The van der Waals surface area contributed by atoms with E-state index in [1.807, 2.05) is 20.8 Å². The average molecular weight is 325 g/mol. The second-order valence-electron chi connectivity index (χ2n) is 8.68. The van der Waals surface area contributed by atoms with Crippen molar-refractivity contribution in [1.82, 2.24) is 15.1 Å². The number of nitrogens with one attached hydrogen (secondary N) is 1. The Kier molecular flexibility index (Phi) is 6.63. The standard InChI is InChI=1S/C18H35N3O2/c1-17(2,3)19-16(23)14-10-8-13-21(14)15(22)11-9-12-20(7)18(4,5)6/h14H,8-13H2,1-7H3,(H,19,23). The van der Waals surface area contributed by atoms with Crippen LogP contribution < -0.4 is 5.32 Å². The normalized spacial score (nSPS) is 19.3. The first-order valence-electron chi connectivity index (χ1n) is 8.74. The van der Waals surface area contributed by atoms with E-state index in [9.17, 15) is 9.59 Å². The molecule has 5 nitrogen and oxygen atoms in total. The molecule has 1 fully saturated rings. The summed E-state index contributed by atoms with van der Waals surface area (Å²) in [5.74, 6) is 0.0917. The molecule has 0 radical (unpaired) electrons. The number of carbonyl (C=O) groups is 2. The first-order valence-corrected chi connectivity index (χ1v) is 8.74. The fourth-order valence-electron chi connectivity index (χ4n) is 2.74. The van der Waals surface area contributed by atoms with E-state index in [1.165, 1.54) is 0 Å². The molecular weight excluding hydrogens is 290 g/mol. The van der Waals surface area contributed by atoms with Gasteiger partial charge in [0, 0.05) is 24.0 Å². The van der Waals surface area contributed by atoms with Crippen LogP contribution in [0, 0.1) is 0 Å². The highest BCUT2D eigenvalue weighted by molar-refractivity contribution is 5.88. The highest BCUT2D eigenvalue weighted by Crippen LogP contribution is 2.20. The Morgan fingerprint density at radius 1 is 1.17 bits per heavy atom. The molecule has 1 aliphatic rings. The number of carbonyl (C=O) groups excluding carboxylic acids is 2. The first kappa shape index (κ1) is 19.9. The van der Waals surface area contributed by atoms with Crippen molar-refractivity contribution < 1.29 is 9.59 Å². The maximum Gasteiger partial charge on any atom is 0.243 e. The summed E-state index contributed by atoms with van der Waals surface area (Å²) < 4.78 is 0. The maximum absolute atomic E-state index is 12.5. The van der Waals surface area contributed by atoms with Crippen molar-refractivity contribution in [1.29, 1.82) is 0 Å². The second-order valence-corrected chi connectivity index (χ2v) is 8.68. The Balaban J connectivity index is 2.50. The van der Waals surface area contributed by atoms with Gasteiger partial charge in [0.2, 0.25) is 11.8 Å². The van der Waals surface area contributed by atoms with Crippen LogP contribution in [0.4, 0.5) is 0 Å². The van der Waals surface area contributed by atoms with Gasteiger partial charge >= 0.3 is 0 Å². The Hall–Kier alpha value is -1.10. The van der Waals surface area contributed by atoms with Crippen LogP contribution in [0.2, 0.25) is 0 Å². The predicted molar refractivity (Wildman–Crippen MR) is 94.2 cm³/mol. The SMILES string of the molecule is CN(CCCC(=O)N1CCCC1C(=O)NC(C)(C)C)C(C)(C)C. The summed E-state index contributed by atoms with van der Waals surface area (Å²) in [6, 6.07) is -0.290. The molecule has 0 aromatic carbocycles. The van der Waals surface area contributed by atoms with Crippen LogP contribution in [0.3, 0.4) is 0 Å². The van der Waals surface area contributed by atoms with Crippen LogP contribution in [0.5, 0.6) is 0 Å². The van der Waals surface area contributed by atoms with Crippen molar-refractivity contribution in [3.8, 4) is 0 Å². The molecule has 0 aromatic heterocycles. The quantitative estimate of drug-likeness (QED) is 0.844. The molecule has 1 saturated heterocycles. The first-order chi connectivity index (χ1) is 10.4. The Bertz CT molecular complexity index is 421. The third kappa shape index (κ3) is 6.50. The maximum atomic E-state index is 12.5. The van der Waals surface area contributed by atoms with Gasteiger partial charge in [-0.05, 0) is 74.4 Å². The van der Waals surface area contributed by atoms with Crippen LogP contribution in [0.25, 0.3) is 0 Å². The molecule has 134 valence electrons. The smallest absolute Gasteiger partial charge is 0.243 e. The van der Waals surface area contributed by atoms with Crippen molar-refractivity contribution >= 4 is 11.8 Å². The molecule has 0 bridgehead atoms. The van der Waals surface area contributed by atoms with Gasteiger partial charge in [-0.3, -0.25) is 9.59 Å². The third-order valence-corrected chi connectivity index (χ3v) is 4.40. The number of nitrogens with zero attached hydrogens (tertiary/aromatic N) is 2. The molecule has 0 aromatic rings. The van der Waals surface area contributed by atoms with Gasteiger partial charge < -0.3 is 15.1 Å². The van der Waals surface area contributed by atoms with Crippen LogP contribution >= 0.6 is 0 Å². The van der Waals surface area contributed by atoms with Gasteiger partial charge in [0.15, 0.2) is 0 Å². The number of hydrogen-bond acceptors (Lipinski definition) is 3. The van der Waals surface area contributed by atoms with Gasteiger partial charge in [-0.1, -0.05) is 0 Å². The van der Waals surface area contributed by atoms with Crippen molar-refractivity contribution in [3.05, 3.63) is 0 Å². The fourth-order valence-corrected chi connectivity index (χ4v) is 2.74.